The fraction of sp³-hybridized carbons (Fsp3) is 0.250. The van der Waals surface area contributed by atoms with Crippen molar-refractivity contribution in [1.82, 2.24) is 4.98 Å². The molecule has 1 N–H and O–H groups in total. The highest BCUT2D eigenvalue weighted by molar-refractivity contribution is 5.97. The minimum atomic E-state index is -0.840. The zero-order valence-electron chi connectivity index (χ0n) is 16.8. The van der Waals surface area contributed by atoms with E-state index in [-0.39, 0.29) is 5.54 Å². The molecule has 2 heterocycles. The molecule has 0 saturated heterocycles. The van der Waals surface area contributed by atoms with Gasteiger partial charge in [-0.25, -0.2) is 4.99 Å². The third-order valence-electron chi connectivity index (χ3n) is 4.94. The van der Waals surface area contributed by atoms with Crippen LogP contribution in [-0.2, 0) is 4.74 Å². The van der Waals surface area contributed by atoms with Gasteiger partial charge in [0.2, 0.25) is 5.90 Å². The summed E-state index contributed by atoms with van der Waals surface area (Å²) in [6.07, 6.45) is 0.928. The van der Waals surface area contributed by atoms with Crippen molar-refractivity contribution in [2.24, 2.45) is 4.99 Å². The lowest BCUT2D eigenvalue weighted by atomic mass is 9.95. The largest absolute Gasteiger partial charge is 0.497 e. The van der Waals surface area contributed by atoms with Crippen molar-refractivity contribution in [3.63, 3.8) is 0 Å². The fourth-order valence-electron chi connectivity index (χ4n) is 3.36. The molecule has 29 heavy (non-hydrogen) atoms. The highest BCUT2D eigenvalue weighted by atomic mass is 16.5. The van der Waals surface area contributed by atoms with Gasteiger partial charge in [0.05, 0.1) is 18.3 Å². The van der Waals surface area contributed by atoms with Crippen LogP contribution in [0.25, 0.3) is 11.3 Å². The average Bonchev–Trinajstić information content (AvgIpc) is 3.13. The maximum absolute atomic E-state index is 11.2. The summed E-state index contributed by atoms with van der Waals surface area (Å²) in [7, 11) is 1.61. The Morgan fingerprint density at radius 1 is 1.07 bits per heavy atom. The number of aliphatic hydroxyl groups is 1. The van der Waals surface area contributed by atoms with Gasteiger partial charge < -0.3 is 14.6 Å². The smallest absolute Gasteiger partial charge is 0.217 e. The van der Waals surface area contributed by atoms with Crippen LogP contribution in [0.1, 0.15) is 36.6 Å². The summed E-state index contributed by atoms with van der Waals surface area (Å²) in [6, 6.07) is 19.2. The molecule has 0 amide bonds. The van der Waals surface area contributed by atoms with Crippen molar-refractivity contribution in [2.45, 2.75) is 25.5 Å². The zero-order chi connectivity index (χ0) is 20.4. The molecule has 5 heteroatoms. The first kappa shape index (κ1) is 19.2. The number of hydrogen-bond donors (Lipinski definition) is 1. The molecule has 0 radical (unpaired) electrons. The zero-order valence-corrected chi connectivity index (χ0v) is 16.8. The van der Waals surface area contributed by atoms with E-state index < -0.39 is 6.10 Å². The highest BCUT2D eigenvalue weighted by Gasteiger charge is 2.29. The van der Waals surface area contributed by atoms with E-state index in [1.165, 1.54) is 0 Å². The lowest BCUT2D eigenvalue weighted by Gasteiger charge is -2.17. The molecule has 1 aromatic heterocycles. The maximum atomic E-state index is 11.2. The van der Waals surface area contributed by atoms with E-state index in [9.17, 15) is 5.11 Å². The van der Waals surface area contributed by atoms with Crippen molar-refractivity contribution in [2.75, 3.05) is 13.7 Å². The van der Waals surface area contributed by atoms with Crippen LogP contribution in [0.2, 0.25) is 0 Å². The number of rotatable bonds is 5. The third-order valence-corrected chi connectivity index (χ3v) is 4.94. The summed E-state index contributed by atoms with van der Waals surface area (Å²) in [4.78, 5) is 9.04. The molecule has 1 atom stereocenters. The van der Waals surface area contributed by atoms with Gasteiger partial charge in [0.15, 0.2) is 0 Å². The van der Waals surface area contributed by atoms with Crippen LogP contribution in [0.4, 0.5) is 0 Å². The molecule has 0 bridgehead atoms. The van der Waals surface area contributed by atoms with E-state index in [1.54, 1.807) is 13.3 Å². The van der Waals surface area contributed by atoms with Gasteiger partial charge in [0, 0.05) is 22.9 Å². The van der Waals surface area contributed by atoms with Crippen LogP contribution < -0.4 is 4.74 Å². The second kappa shape index (κ2) is 7.68. The Kier molecular flexibility index (Phi) is 5.07. The molecule has 1 unspecified atom stereocenters. The van der Waals surface area contributed by atoms with Gasteiger partial charge in [-0.3, -0.25) is 4.98 Å². The number of pyridine rings is 1. The van der Waals surface area contributed by atoms with Crippen LogP contribution in [0.3, 0.4) is 0 Å². The first-order valence-electron chi connectivity index (χ1n) is 9.57. The Hall–Kier alpha value is -3.18. The van der Waals surface area contributed by atoms with Crippen molar-refractivity contribution >= 4 is 5.90 Å². The Balaban J connectivity index is 1.70. The number of nitrogens with zero attached hydrogens (tertiary/aromatic N) is 2. The summed E-state index contributed by atoms with van der Waals surface area (Å²) in [5, 5.41) is 11.2. The van der Waals surface area contributed by atoms with Crippen LogP contribution in [-0.4, -0.2) is 35.2 Å². The Labute approximate surface area is 170 Å². The topological polar surface area (TPSA) is 63.9 Å². The lowest BCUT2D eigenvalue weighted by molar-refractivity contribution is 0.218. The molecule has 0 aliphatic carbocycles. The van der Waals surface area contributed by atoms with Gasteiger partial charge >= 0.3 is 0 Å². The third kappa shape index (κ3) is 4.00. The lowest BCUT2D eigenvalue weighted by Crippen LogP contribution is -2.17. The minimum Gasteiger partial charge on any atom is -0.497 e. The van der Waals surface area contributed by atoms with E-state index in [0.29, 0.717) is 23.8 Å². The van der Waals surface area contributed by atoms with Crippen molar-refractivity contribution in [3.8, 4) is 17.0 Å². The predicted molar refractivity (Wildman–Crippen MR) is 113 cm³/mol. The van der Waals surface area contributed by atoms with Gasteiger partial charge in [0.25, 0.3) is 0 Å². The van der Waals surface area contributed by atoms with E-state index in [1.807, 2.05) is 74.5 Å². The molecular weight excluding hydrogens is 364 g/mol. The first-order chi connectivity index (χ1) is 14.0. The minimum absolute atomic E-state index is 0.276. The summed E-state index contributed by atoms with van der Waals surface area (Å²) < 4.78 is 11.2. The second-order valence-corrected chi connectivity index (χ2v) is 7.71. The van der Waals surface area contributed by atoms with Crippen LogP contribution in [0.15, 0.2) is 71.9 Å². The molecule has 1 aliphatic rings. The van der Waals surface area contributed by atoms with Crippen LogP contribution >= 0.6 is 0 Å². The summed E-state index contributed by atoms with van der Waals surface area (Å²) >= 11 is 0. The second-order valence-electron chi connectivity index (χ2n) is 7.71. The quantitative estimate of drug-likeness (QED) is 0.704. The fourth-order valence-corrected chi connectivity index (χ4v) is 3.36. The van der Waals surface area contributed by atoms with Gasteiger partial charge in [-0.15, -0.1) is 0 Å². The van der Waals surface area contributed by atoms with E-state index in [0.717, 1.165) is 22.4 Å². The number of benzene rings is 2. The molecule has 3 aromatic rings. The van der Waals surface area contributed by atoms with E-state index >= 15 is 0 Å². The SMILES string of the molecule is COc1ccc(C2=NC(C)(C)CO2)c(C(O)c2ccc(-c3ccccn3)cc2)c1. The molecule has 148 valence electrons. The number of aromatic nitrogens is 1. The highest BCUT2D eigenvalue weighted by Crippen LogP contribution is 2.32. The Morgan fingerprint density at radius 2 is 1.86 bits per heavy atom. The Bertz CT molecular complexity index is 1030. The summed E-state index contributed by atoms with van der Waals surface area (Å²) in [6.45, 7) is 4.56. The maximum Gasteiger partial charge on any atom is 0.217 e. The molecular formula is C24H24N2O3. The first-order valence-corrected chi connectivity index (χ1v) is 9.57. The standard InChI is InChI=1S/C24H24N2O3/c1-24(2)15-29-23(26-24)19-12-11-18(28-3)14-20(19)22(27)17-9-7-16(8-10-17)21-6-4-5-13-25-21/h4-14,22,27H,15H2,1-3H3. The normalized spacial score (nSPS) is 16.1. The summed E-state index contributed by atoms with van der Waals surface area (Å²) in [5.74, 6) is 1.22. The van der Waals surface area contributed by atoms with Gasteiger partial charge in [-0.2, -0.15) is 0 Å². The van der Waals surface area contributed by atoms with Crippen LogP contribution in [0.5, 0.6) is 5.75 Å². The number of hydrogen-bond acceptors (Lipinski definition) is 5. The number of aliphatic hydroxyl groups excluding tert-OH is 1. The molecule has 5 nitrogen and oxygen atoms in total. The number of methoxy groups -OCH3 is 1. The number of ether oxygens (including phenoxy) is 2. The van der Waals surface area contributed by atoms with Gasteiger partial charge in [-0.05, 0) is 49.7 Å². The van der Waals surface area contributed by atoms with Gasteiger partial charge in [-0.1, -0.05) is 30.3 Å². The van der Waals surface area contributed by atoms with Crippen molar-refractivity contribution < 1.29 is 14.6 Å². The average molecular weight is 388 g/mol. The number of aliphatic imine (C=N–C) groups is 1. The van der Waals surface area contributed by atoms with Crippen molar-refractivity contribution in [1.29, 1.82) is 0 Å². The monoisotopic (exact) mass is 388 g/mol. The van der Waals surface area contributed by atoms with E-state index in [2.05, 4.69) is 9.98 Å². The Morgan fingerprint density at radius 3 is 2.48 bits per heavy atom. The van der Waals surface area contributed by atoms with E-state index in [4.69, 9.17) is 9.47 Å². The molecule has 0 saturated carbocycles. The van der Waals surface area contributed by atoms with Crippen LogP contribution in [0, 0.1) is 0 Å². The molecule has 4 rings (SSSR count). The van der Waals surface area contributed by atoms with Gasteiger partial charge in [0.1, 0.15) is 18.5 Å². The molecule has 2 aromatic carbocycles. The molecule has 0 spiro atoms. The molecule has 0 fully saturated rings. The van der Waals surface area contributed by atoms with Crippen molar-refractivity contribution in [3.05, 3.63) is 83.6 Å². The summed E-state index contributed by atoms with van der Waals surface area (Å²) in [5.41, 5.74) is 3.87. The predicted octanol–water partition coefficient (Wildman–Crippen LogP) is 4.39. The molecule has 1 aliphatic heterocycles.